The van der Waals surface area contributed by atoms with E-state index in [1.807, 2.05) is 32.9 Å². The Morgan fingerprint density at radius 1 is 1.04 bits per heavy atom. The van der Waals surface area contributed by atoms with Gasteiger partial charge in [-0.2, -0.15) is 0 Å². The summed E-state index contributed by atoms with van der Waals surface area (Å²) < 4.78 is 33.5. The maximum Gasteiger partial charge on any atom is 0.261 e. The van der Waals surface area contributed by atoms with Gasteiger partial charge in [-0.3, -0.25) is 9.52 Å². The molecule has 0 aliphatic carbocycles. The predicted molar refractivity (Wildman–Crippen MR) is 111 cm³/mol. The SMILES string of the molecule is CCc1ccccc1NS(=O)(=O)c1ccc(O[C@H](C)C(=O)NCC(C)C)cc1. The van der Waals surface area contributed by atoms with Crippen molar-refractivity contribution >= 4 is 21.6 Å². The monoisotopic (exact) mass is 404 g/mol. The molecular weight excluding hydrogens is 376 g/mol. The molecule has 6 nitrogen and oxygen atoms in total. The van der Waals surface area contributed by atoms with Gasteiger partial charge in [-0.15, -0.1) is 0 Å². The molecule has 0 radical (unpaired) electrons. The molecule has 0 bridgehead atoms. The summed E-state index contributed by atoms with van der Waals surface area (Å²) in [7, 11) is -3.71. The third kappa shape index (κ3) is 5.99. The van der Waals surface area contributed by atoms with Gasteiger partial charge < -0.3 is 10.1 Å². The highest BCUT2D eigenvalue weighted by Gasteiger charge is 2.18. The average Bonchev–Trinajstić information content (AvgIpc) is 2.66. The van der Waals surface area contributed by atoms with Gasteiger partial charge in [0.2, 0.25) is 0 Å². The molecule has 0 saturated carbocycles. The molecule has 1 amide bonds. The maximum atomic E-state index is 12.6. The third-order valence-electron chi connectivity index (χ3n) is 4.14. The largest absolute Gasteiger partial charge is 0.481 e. The van der Waals surface area contributed by atoms with Crippen molar-refractivity contribution in [2.24, 2.45) is 5.92 Å². The summed E-state index contributed by atoms with van der Waals surface area (Å²) >= 11 is 0. The van der Waals surface area contributed by atoms with E-state index in [1.165, 1.54) is 12.1 Å². The predicted octanol–water partition coefficient (Wildman–Crippen LogP) is 3.59. The molecular formula is C21H28N2O4S. The Bertz CT molecular complexity index is 893. The van der Waals surface area contributed by atoms with Gasteiger partial charge in [-0.25, -0.2) is 8.42 Å². The molecule has 0 aliphatic heterocycles. The number of nitrogens with one attached hydrogen (secondary N) is 2. The summed E-state index contributed by atoms with van der Waals surface area (Å²) in [6.07, 6.45) is 0.0538. The van der Waals surface area contributed by atoms with Crippen LogP contribution >= 0.6 is 0 Å². The number of carbonyl (C=O) groups excluding carboxylic acids is 1. The number of carbonyl (C=O) groups is 1. The quantitative estimate of drug-likeness (QED) is 0.669. The first-order chi connectivity index (χ1) is 13.2. The lowest BCUT2D eigenvalue weighted by Gasteiger charge is -2.16. The van der Waals surface area contributed by atoms with Crippen molar-refractivity contribution in [3.63, 3.8) is 0 Å². The fraction of sp³-hybridized carbons (Fsp3) is 0.381. The standard InChI is InChI=1S/C21H28N2O4S/c1-5-17-8-6-7-9-20(17)23-28(25,26)19-12-10-18(11-13-19)27-16(4)21(24)22-14-15(2)3/h6-13,15-16,23H,5,14H2,1-4H3,(H,22,24)/t16-/m1/s1. The molecule has 152 valence electrons. The normalized spacial score (nSPS) is 12.5. The number of hydrogen-bond donors (Lipinski definition) is 2. The molecule has 0 spiro atoms. The van der Waals surface area contributed by atoms with E-state index in [0.29, 0.717) is 23.9 Å². The molecule has 0 aliphatic rings. The Labute approximate surface area is 167 Å². The van der Waals surface area contributed by atoms with Gasteiger partial charge in [0.25, 0.3) is 15.9 Å². The number of ether oxygens (including phenoxy) is 1. The van der Waals surface area contributed by atoms with Crippen molar-refractivity contribution in [2.75, 3.05) is 11.3 Å². The Kier molecular flexibility index (Phi) is 7.45. The highest BCUT2D eigenvalue weighted by molar-refractivity contribution is 7.92. The van der Waals surface area contributed by atoms with E-state index in [1.54, 1.807) is 31.2 Å². The number of para-hydroxylation sites is 1. The average molecular weight is 405 g/mol. The first-order valence-corrected chi connectivity index (χ1v) is 10.9. The van der Waals surface area contributed by atoms with Crippen LogP contribution < -0.4 is 14.8 Å². The molecule has 0 unspecified atom stereocenters. The molecule has 2 rings (SSSR count). The lowest BCUT2D eigenvalue weighted by atomic mass is 10.1. The number of aryl methyl sites for hydroxylation is 1. The van der Waals surface area contributed by atoms with Gasteiger partial charge in [0.05, 0.1) is 10.6 Å². The van der Waals surface area contributed by atoms with Gasteiger partial charge in [-0.05, 0) is 55.2 Å². The minimum absolute atomic E-state index is 0.127. The minimum atomic E-state index is -3.71. The van der Waals surface area contributed by atoms with Gasteiger partial charge in [-0.1, -0.05) is 39.0 Å². The van der Waals surface area contributed by atoms with Crippen LogP contribution in [-0.4, -0.2) is 27.0 Å². The van der Waals surface area contributed by atoms with Crippen molar-refractivity contribution < 1.29 is 17.9 Å². The smallest absolute Gasteiger partial charge is 0.261 e. The highest BCUT2D eigenvalue weighted by Crippen LogP contribution is 2.22. The third-order valence-corrected chi connectivity index (χ3v) is 5.52. The molecule has 2 N–H and O–H groups in total. The lowest BCUT2D eigenvalue weighted by molar-refractivity contribution is -0.127. The number of rotatable bonds is 9. The van der Waals surface area contributed by atoms with Gasteiger partial charge in [0, 0.05) is 6.54 Å². The fourth-order valence-corrected chi connectivity index (χ4v) is 3.64. The van der Waals surface area contributed by atoms with Crippen LogP contribution in [0.5, 0.6) is 5.75 Å². The molecule has 0 heterocycles. The topological polar surface area (TPSA) is 84.5 Å². The molecule has 7 heteroatoms. The molecule has 1 atom stereocenters. The van der Waals surface area contributed by atoms with Crippen LogP contribution in [0, 0.1) is 5.92 Å². The maximum absolute atomic E-state index is 12.6. The lowest BCUT2D eigenvalue weighted by Crippen LogP contribution is -2.38. The zero-order chi connectivity index (χ0) is 20.7. The summed E-state index contributed by atoms with van der Waals surface area (Å²) in [5, 5.41) is 2.81. The van der Waals surface area contributed by atoms with Crippen molar-refractivity contribution in [1.29, 1.82) is 0 Å². The Morgan fingerprint density at radius 3 is 2.29 bits per heavy atom. The van der Waals surface area contributed by atoms with Gasteiger partial charge >= 0.3 is 0 Å². The van der Waals surface area contributed by atoms with Crippen LogP contribution in [0.3, 0.4) is 0 Å². The fourth-order valence-electron chi connectivity index (χ4n) is 2.54. The zero-order valence-corrected chi connectivity index (χ0v) is 17.5. The van der Waals surface area contributed by atoms with Gasteiger partial charge in [0.15, 0.2) is 6.10 Å². The first kappa shape index (κ1) is 21.8. The number of anilines is 1. The van der Waals surface area contributed by atoms with E-state index in [4.69, 9.17) is 4.74 Å². The van der Waals surface area contributed by atoms with E-state index in [-0.39, 0.29) is 10.8 Å². The second kappa shape index (κ2) is 9.59. The number of benzene rings is 2. The van der Waals surface area contributed by atoms with Crippen LogP contribution in [0.4, 0.5) is 5.69 Å². The second-order valence-electron chi connectivity index (χ2n) is 6.99. The first-order valence-electron chi connectivity index (χ1n) is 9.38. The van der Waals surface area contributed by atoms with Crippen LogP contribution in [-0.2, 0) is 21.2 Å². The summed E-state index contributed by atoms with van der Waals surface area (Å²) in [6, 6.07) is 13.3. The van der Waals surface area contributed by atoms with Crippen LogP contribution in [0.1, 0.15) is 33.3 Å². The van der Waals surface area contributed by atoms with E-state index in [9.17, 15) is 13.2 Å². The minimum Gasteiger partial charge on any atom is -0.481 e. The van der Waals surface area contributed by atoms with Crippen LogP contribution in [0.25, 0.3) is 0 Å². The summed E-state index contributed by atoms with van der Waals surface area (Å²) in [6.45, 7) is 8.23. The summed E-state index contributed by atoms with van der Waals surface area (Å²) in [5.74, 6) is 0.578. The second-order valence-corrected chi connectivity index (χ2v) is 8.67. The Hall–Kier alpha value is -2.54. The highest BCUT2D eigenvalue weighted by atomic mass is 32.2. The Balaban J connectivity index is 2.05. The number of amides is 1. The van der Waals surface area contributed by atoms with Crippen LogP contribution in [0.2, 0.25) is 0 Å². The van der Waals surface area contributed by atoms with E-state index in [0.717, 1.165) is 12.0 Å². The van der Waals surface area contributed by atoms with Crippen molar-refractivity contribution in [3.8, 4) is 5.75 Å². The van der Waals surface area contributed by atoms with E-state index >= 15 is 0 Å². The Morgan fingerprint density at radius 2 is 1.68 bits per heavy atom. The molecule has 2 aromatic carbocycles. The zero-order valence-electron chi connectivity index (χ0n) is 16.7. The van der Waals surface area contributed by atoms with Crippen molar-refractivity contribution in [3.05, 3.63) is 54.1 Å². The van der Waals surface area contributed by atoms with Crippen molar-refractivity contribution in [2.45, 2.75) is 45.1 Å². The molecule has 0 aromatic heterocycles. The summed E-state index contributed by atoms with van der Waals surface area (Å²) in [4.78, 5) is 12.1. The van der Waals surface area contributed by atoms with E-state index in [2.05, 4.69) is 10.0 Å². The van der Waals surface area contributed by atoms with Crippen LogP contribution in [0.15, 0.2) is 53.4 Å². The molecule has 28 heavy (non-hydrogen) atoms. The van der Waals surface area contributed by atoms with Crippen molar-refractivity contribution in [1.82, 2.24) is 5.32 Å². The van der Waals surface area contributed by atoms with Gasteiger partial charge in [0.1, 0.15) is 5.75 Å². The number of hydrogen-bond acceptors (Lipinski definition) is 4. The molecule has 0 fully saturated rings. The molecule has 0 saturated heterocycles. The van der Waals surface area contributed by atoms with E-state index < -0.39 is 16.1 Å². The summed E-state index contributed by atoms with van der Waals surface area (Å²) in [5.41, 5.74) is 1.49. The number of sulfonamides is 1. The molecule has 2 aromatic rings.